The van der Waals surface area contributed by atoms with Crippen LogP contribution in [0, 0.1) is 33.8 Å². The van der Waals surface area contributed by atoms with E-state index in [0.717, 1.165) is 30.6 Å². The first-order chi connectivity index (χ1) is 17.4. The molecule has 1 N–H and O–H groups in total. The molecule has 1 aliphatic carbocycles. The Bertz CT molecular complexity index is 980. The first-order valence-electron chi connectivity index (χ1n) is 12.9. The van der Waals surface area contributed by atoms with E-state index in [9.17, 15) is 20.0 Å². The maximum Gasteiger partial charge on any atom is 0.305 e. The van der Waals surface area contributed by atoms with Crippen molar-refractivity contribution >= 4 is 5.97 Å². The molecule has 36 heavy (non-hydrogen) atoms. The number of aliphatic hydroxyl groups excluding tert-OH is 1. The Kier molecular flexibility index (Phi) is 10.6. The summed E-state index contributed by atoms with van der Waals surface area (Å²) in [5.74, 6) is 7.33. The summed E-state index contributed by atoms with van der Waals surface area (Å²) < 4.78 is 11.6. The standard InChI is InChI=1S/C28H37NO7/c1-3-4-9-20(2)24(30)16-14-21-15-17-25-27(21)23-12-7-10-22(28(23)36-25)11-8-13-26(31)34-18-5-6-19-35-29(32)33/h7,10,12,14,16,20-21,24-25,27,30H,5-6,8-9,11,13,15,17-19H2,1-2H3/b16-14+. The zero-order chi connectivity index (χ0) is 25.9. The summed E-state index contributed by atoms with van der Waals surface area (Å²) in [6, 6.07) is 6.26. The summed E-state index contributed by atoms with van der Waals surface area (Å²) >= 11 is 0. The number of aliphatic hydroxyl groups is 1. The number of benzene rings is 1. The number of esters is 1. The number of fused-ring (bicyclic) bond motifs is 3. The van der Waals surface area contributed by atoms with Gasteiger partial charge in [0.1, 0.15) is 11.9 Å². The summed E-state index contributed by atoms with van der Waals surface area (Å²) in [6.45, 7) is 4.08. The zero-order valence-electron chi connectivity index (χ0n) is 21.2. The lowest BCUT2D eigenvalue weighted by Gasteiger charge is -2.17. The van der Waals surface area contributed by atoms with Gasteiger partial charge < -0.3 is 19.4 Å². The van der Waals surface area contributed by atoms with Gasteiger partial charge in [-0.25, -0.2) is 0 Å². The molecule has 1 aromatic carbocycles. The summed E-state index contributed by atoms with van der Waals surface area (Å²) in [4.78, 5) is 26.3. The SMILES string of the molecule is CC#CCC(C)C(O)/C=C/C1CCC2Oc3c(CCCC(=O)OCCCCO[N+](=O)[O-])cccc3C12. The van der Waals surface area contributed by atoms with Crippen LogP contribution in [0.15, 0.2) is 30.4 Å². The third-order valence-electron chi connectivity index (χ3n) is 6.97. The van der Waals surface area contributed by atoms with Gasteiger partial charge in [-0.15, -0.1) is 22.0 Å². The monoisotopic (exact) mass is 499 g/mol. The largest absolute Gasteiger partial charge is 0.489 e. The van der Waals surface area contributed by atoms with Crippen molar-refractivity contribution < 1.29 is 29.3 Å². The Balaban J connectivity index is 1.48. The lowest BCUT2D eigenvalue weighted by atomic mass is 9.86. The molecule has 2 aliphatic rings. The maximum absolute atomic E-state index is 12.0. The molecule has 1 heterocycles. The molecule has 0 amide bonds. The minimum Gasteiger partial charge on any atom is -0.489 e. The fraction of sp³-hybridized carbons (Fsp3) is 0.607. The Labute approximate surface area is 213 Å². The fourth-order valence-corrected chi connectivity index (χ4v) is 4.98. The molecule has 0 saturated heterocycles. The molecule has 0 bridgehead atoms. The van der Waals surface area contributed by atoms with Crippen LogP contribution in [0.3, 0.4) is 0 Å². The van der Waals surface area contributed by atoms with Crippen molar-refractivity contribution in [2.75, 3.05) is 13.2 Å². The molecule has 5 unspecified atom stereocenters. The molecule has 196 valence electrons. The minimum atomic E-state index is -0.823. The van der Waals surface area contributed by atoms with Gasteiger partial charge in [0.2, 0.25) is 0 Å². The highest BCUT2D eigenvalue weighted by atomic mass is 16.9. The van der Waals surface area contributed by atoms with Crippen molar-refractivity contribution in [1.29, 1.82) is 0 Å². The summed E-state index contributed by atoms with van der Waals surface area (Å²) in [6.07, 6.45) is 9.13. The molecule has 1 aliphatic heterocycles. The predicted octanol–water partition coefficient (Wildman–Crippen LogP) is 4.76. The summed E-state index contributed by atoms with van der Waals surface area (Å²) in [5.41, 5.74) is 2.34. The van der Waals surface area contributed by atoms with Crippen molar-refractivity contribution in [2.24, 2.45) is 11.8 Å². The maximum atomic E-state index is 12.0. The van der Waals surface area contributed by atoms with E-state index < -0.39 is 11.2 Å². The number of ether oxygens (including phenoxy) is 2. The van der Waals surface area contributed by atoms with Gasteiger partial charge in [-0.1, -0.05) is 37.3 Å². The summed E-state index contributed by atoms with van der Waals surface area (Å²) in [5, 5.41) is 19.8. The number of rotatable bonds is 14. The molecule has 3 rings (SSSR count). The Morgan fingerprint density at radius 1 is 1.31 bits per heavy atom. The molecule has 8 nitrogen and oxygen atoms in total. The Morgan fingerprint density at radius 2 is 2.11 bits per heavy atom. The molecule has 0 spiro atoms. The van der Waals surface area contributed by atoms with Crippen LogP contribution in [0.5, 0.6) is 5.75 Å². The number of nitrogens with zero attached hydrogens (tertiary/aromatic N) is 1. The number of unbranched alkanes of at least 4 members (excludes halogenated alkanes) is 1. The Morgan fingerprint density at radius 3 is 2.89 bits per heavy atom. The van der Waals surface area contributed by atoms with Crippen LogP contribution in [0.1, 0.15) is 75.8 Å². The second kappa shape index (κ2) is 13.9. The third kappa shape index (κ3) is 7.72. The second-order valence-corrected chi connectivity index (χ2v) is 9.58. The van der Waals surface area contributed by atoms with E-state index in [2.05, 4.69) is 41.0 Å². The van der Waals surface area contributed by atoms with Gasteiger partial charge in [0.25, 0.3) is 5.09 Å². The van der Waals surface area contributed by atoms with Crippen LogP contribution in [0.4, 0.5) is 0 Å². The molecule has 1 aromatic rings. The second-order valence-electron chi connectivity index (χ2n) is 9.58. The topological polar surface area (TPSA) is 108 Å². The van der Waals surface area contributed by atoms with Gasteiger partial charge in [0.05, 0.1) is 19.3 Å². The lowest BCUT2D eigenvalue weighted by molar-refractivity contribution is -0.757. The van der Waals surface area contributed by atoms with E-state index in [4.69, 9.17) is 9.47 Å². The van der Waals surface area contributed by atoms with Crippen LogP contribution in [-0.4, -0.2) is 41.6 Å². The van der Waals surface area contributed by atoms with E-state index in [1.54, 1.807) is 0 Å². The van der Waals surface area contributed by atoms with Gasteiger partial charge in [-0.3, -0.25) is 4.79 Å². The Hall–Kier alpha value is -3.05. The van der Waals surface area contributed by atoms with Crippen LogP contribution < -0.4 is 4.74 Å². The van der Waals surface area contributed by atoms with Gasteiger partial charge in [-0.2, -0.15) is 0 Å². The van der Waals surface area contributed by atoms with Gasteiger partial charge in [0.15, 0.2) is 0 Å². The molecule has 5 atom stereocenters. The number of hydrogen-bond donors (Lipinski definition) is 1. The average Bonchev–Trinajstić information content (AvgIpc) is 3.43. The van der Waals surface area contributed by atoms with Crippen LogP contribution >= 0.6 is 0 Å². The van der Waals surface area contributed by atoms with Gasteiger partial charge in [0, 0.05) is 24.3 Å². The van der Waals surface area contributed by atoms with E-state index in [1.165, 1.54) is 5.56 Å². The number of hydrogen-bond acceptors (Lipinski definition) is 7. The molecule has 8 heteroatoms. The van der Waals surface area contributed by atoms with E-state index in [-0.39, 0.29) is 31.2 Å². The molecule has 1 saturated carbocycles. The molecule has 0 radical (unpaired) electrons. The highest BCUT2D eigenvalue weighted by Crippen LogP contribution is 2.52. The van der Waals surface area contributed by atoms with Crippen molar-refractivity contribution in [3.05, 3.63) is 51.6 Å². The number of carbonyl (C=O) groups excluding carboxylic acids is 1. The molecule has 1 fully saturated rings. The average molecular weight is 500 g/mol. The van der Waals surface area contributed by atoms with Gasteiger partial charge >= 0.3 is 5.97 Å². The van der Waals surface area contributed by atoms with E-state index in [1.807, 2.05) is 19.9 Å². The number of para-hydroxylation sites is 1. The first-order valence-corrected chi connectivity index (χ1v) is 12.9. The highest BCUT2D eigenvalue weighted by Gasteiger charge is 2.44. The smallest absolute Gasteiger partial charge is 0.305 e. The van der Waals surface area contributed by atoms with E-state index >= 15 is 0 Å². The van der Waals surface area contributed by atoms with Crippen LogP contribution in [-0.2, 0) is 20.8 Å². The highest BCUT2D eigenvalue weighted by molar-refractivity contribution is 5.69. The fourth-order valence-electron chi connectivity index (χ4n) is 4.98. The number of allylic oxidation sites excluding steroid dienone is 1. The normalized spacial score (nSPS) is 21.6. The van der Waals surface area contributed by atoms with Gasteiger partial charge in [-0.05, 0) is 62.8 Å². The van der Waals surface area contributed by atoms with Crippen molar-refractivity contribution in [2.45, 2.75) is 83.3 Å². The molecular formula is C28H37NO7. The zero-order valence-corrected chi connectivity index (χ0v) is 21.2. The van der Waals surface area contributed by atoms with Crippen molar-refractivity contribution in [3.63, 3.8) is 0 Å². The first kappa shape index (κ1) is 27.5. The molecular weight excluding hydrogens is 462 g/mol. The third-order valence-corrected chi connectivity index (χ3v) is 6.97. The van der Waals surface area contributed by atoms with Crippen molar-refractivity contribution in [3.8, 4) is 17.6 Å². The van der Waals surface area contributed by atoms with E-state index in [0.29, 0.717) is 43.9 Å². The lowest BCUT2D eigenvalue weighted by Crippen LogP contribution is -2.17. The minimum absolute atomic E-state index is 0.0101. The predicted molar refractivity (Wildman–Crippen MR) is 135 cm³/mol. The van der Waals surface area contributed by atoms with Crippen molar-refractivity contribution in [1.82, 2.24) is 0 Å². The van der Waals surface area contributed by atoms with Crippen LogP contribution in [0.25, 0.3) is 0 Å². The molecule has 0 aromatic heterocycles. The summed E-state index contributed by atoms with van der Waals surface area (Å²) in [7, 11) is 0. The quantitative estimate of drug-likeness (QED) is 0.0981. The number of aryl methyl sites for hydroxylation is 1. The number of carbonyl (C=O) groups is 1. The van der Waals surface area contributed by atoms with Crippen LogP contribution in [0.2, 0.25) is 0 Å².